The molecule has 0 bridgehead atoms. The molecule has 1 aliphatic heterocycles. The Morgan fingerprint density at radius 3 is 2.85 bits per heavy atom. The highest BCUT2D eigenvalue weighted by molar-refractivity contribution is 5.79. The maximum Gasteiger partial charge on any atom is 0.207 e. The maximum atomic E-state index is 7.11. The van der Waals surface area contributed by atoms with E-state index in [4.69, 9.17) is 17.3 Å². The molecule has 0 saturated carbocycles. The van der Waals surface area contributed by atoms with E-state index >= 15 is 0 Å². The van der Waals surface area contributed by atoms with Crippen molar-refractivity contribution in [2.24, 2.45) is 5.73 Å². The summed E-state index contributed by atoms with van der Waals surface area (Å²) < 4.78 is 2.24. The van der Waals surface area contributed by atoms with E-state index < -0.39 is 0 Å². The van der Waals surface area contributed by atoms with Crippen LogP contribution in [0.4, 0.5) is 11.6 Å². The third kappa shape index (κ3) is 2.91. The number of rotatable bonds is 3. The predicted molar refractivity (Wildman–Crippen MR) is 103 cm³/mol. The van der Waals surface area contributed by atoms with Gasteiger partial charge < -0.3 is 15.2 Å². The number of nitrogens with two attached hydrogens (primary N) is 1. The molecule has 0 amide bonds. The van der Waals surface area contributed by atoms with E-state index in [0.717, 1.165) is 48.6 Å². The van der Waals surface area contributed by atoms with Crippen LogP contribution in [-0.2, 0) is 0 Å². The van der Waals surface area contributed by atoms with Gasteiger partial charge in [0.25, 0.3) is 0 Å². The molecule has 2 N–H and O–H groups in total. The lowest BCUT2D eigenvalue weighted by Gasteiger charge is -2.33. The summed E-state index contributed by atoms with van der Waals surface area (Å²) in [5, 5.41) is 0. The first kappa shape index (κ1) is 16.6. The zero-order valence-electron chi connectivity index (χ0n) is 14.8. The Morgan fingerprint density at radius 2 is 2.12 bits per heavy atom. The fourth-order valence-electron chi connectivity index (χ4n) is 3.67. The molecule has 2 atom stereocenters. The smallest absolute Gasteiger partial charge is 0.207 e. The van der Waals surface area contributed by atoms with Crippen molar-refractivity contribution in [1.82, 2.24) is 14.5 Å². The number of pyridine rings is 1. The van der Waals surface area contributed by atoms with Crippen molar-refractivity contribution in [3.63, 3.8) is 0 Å². The van der Waals surface area contributed by atoms with Gasteiger partial charge in [-0.1, -0.05) is 18.2 Å². The maximum absolute atomic E-state index is 7.11. The van der Waals surface area contributed by atoms with E-state index in [1.54, 1.807) is 6.20 Å². The Kier molecular flexibility index (Phi) is 4.31. The van der Waals surface area contributed by atoms with Gasteiger partial charge in [-0.3, -0.25) is 4.98 Å². The SMILES string of the molecule is [C-]#[N+]c1ccc([C@@H](C)n2c(N3CCC[C@H](N)C3)nc3ccccc32)nc1. The number of aromatic nitrogens is 3. The van der Waals surface area contributed by atoms with Gasteiger partial charge in [-0.05, 0) is 38.0 Å². The summed E-state index contributed by atoms with van der Waals surface area (Å²) >= 11 is 0. The molecule has 6 nitrogen and oxygen atoms in total. The van der Waals surface area contributed by atoms with E-state index in [9.17, 15) is 0 Å². The van der Waals surface area contributed by atoms with Gasteiger partial charge in [-0.25, -0.2) is 9.83 Å². The second kappa shape index (κ2) is 6.77. The second-order valence-electron chi connectivity index (χ2n) is 6.85. The number of hydrogen-bond donors (Lipinski definition) is 1. The lowest BCUT2D eigenvalue weighted by molar-refractivity contribution is 0.489. The quantitative estimate of drug-likeness (QED) is 0.737. The van der Waals surface area contributed by atoms with Gasteiger partial charge in [0.05, 0.1) is 29.3 Å². The Balaban J connectivity index is 1.81. The molecule has 0 unspecified atom stereocenters. The standard InChI is InChI=1S/C20H22N6/c1-14(17-10-9-16(22-2)12-23-17)26-19-8-4-3-7-18(19)24-20(26)25-11-5-6-15(21)13-25/h3-4,7-10,12,14-15H,5-6,11,13,21H2,1H3/t14-,15+/m1/s1. The average Bonchev–Trinajstić information content (AvgIpc) is 3.07. The van der Waals surface area contributed by atoms with Crippen LogP contribution in [0.5, 0.6) is 0 Å². The number of fused-ring (bicyclic) bond motifs is 1. The Labute approximate surface area is 153 Å². The first-order chi connectivity index (χ1) is 12.7. The molecule has 6 heteroatoms. The number of para-hydroxylation sites is 2. The summed E-state index contributed by atoms with van der Waals surface area (Å²) in [6.45, 7) is 11.0. The van der Waals surface area contributed by atoms with Crippen LogP contribution in [0.3, 0.4) is 0 Å². The molecule has 1 aromatic carbocycles. The first-order valence-corrected chi connectivity index (χ1v) is 8.98. The number of hydrogen-bond acceptors (Lipinski definition) is 4. The lowest BCUT2D eigenvalue weighted by Crippen LogP contribution is -2.44. The summed E-state index contributed by atoms with van der Waals surface area (Å²) in [4.78, 5) is 15.1. The highest BCUT2D eigenvalue weighted by atomic mass is 15.3. The van der Waals surface area contributed by atoms with Crippen molar-refractivity contribution < 1.29 is 0 Å². The van der Waals surface area contributed by atoms with Crippen LogP contribution in [0.2, 0.25) is 0 Å². The van der Waals surface area contributed by atoms with Crippen LogP contribution in [0, 0.1) is 6.57 Å². The van der Waals surface area contributed by atoms with Gasteiger partial charge >= 0.3 is 0 Å². The third-order valence-electron chi connectivity index (χ3n) is 5.03. The zero-order valence-corrected chi connectivity index (χ0v) is 14.8. The van der Waals surface area contributed by atoms with E-state index in [1.165, 1.54) is 0 Å². The molecule has 0 aliphatic carbocycles. The highest BCUT2D eigenvalue weighted by Gasteiger charge is 2.25. The number of anilines is 1. The monoisotopic (exact) mass is 346 g/mol. The molecule has 26 heavy (non-hydrogen) atoms. The molecule has 1 fully saturated rings. The largest absolute Gasteiger partial charge is 0.341 e. The molecule has 1 aliphatic rings. The second-order valence-corrected chi connectivity index (χ2v) is 6.85. The number of piperidine rings is 1. The summed E-state index contributed by atoms with van der Waals surface area (Å²) in [6.07, 6.45) is 3.77. The number of imidazole rings is 1. The zero-order chi connectivity index (χ0) is 18.1. The molecule has 3 aromatic rings. The molecule has 3 heterocycles. The molecule has 4 rings (SSSR count). The van der Waals surface area contributed by atoms with Crippen molar-refractivity contribution in [1.29, 1.82) is 0 Å². The molecule has 132 valence electrons. The Morgan fingerprint density at radius 1 is 1.27 bits per heavy atom. The fraction of sp³-hybridized carbons (Fsp3) is 0.350. The average molecular weight is 346 g/mol. The highest BCUT2D eigenvalue weighted by Crippen LogP contribution is 2.31. The van der Waals surface area contributed by atoms with Gasteiger partial charge in [0.15, 0.2) is 0 Å². The minimum absolute atomic E-state index is 0.00957. The van der Waals surface area contributed by atoms with Gasteiger partial charge in [-0.2, -0.15) is 0 Å². The summed E-state index contributed by atoms with van der Waals surface area (Å²) in [5.41, 5.74) is 9.75. The summed E-state index contributed by atoms with van der Waals surface area (Å²) in [5.74, 6) is 0.949. The Hall–Kier alpha value is -2.91. The van der Waals surface area contributed by atoms with Crippen molar-refractivity contribution in [3.8, 4) is 0 Å². The van der Waals surface area contributed by atoms with Crippen molar-refractivity contribution in [2.75, 3.05) is 18.0 Å². The summed E-state index contributed by atoms with van der Waals surface area (Å²) in [6, 6.07) is 12.1. The third-order valence-corrected chi connectivity index (χ3v) is 5.03. The fourth-order valence-corrected chi connectivity index (χ4v) is 3.67. The normalized spacial score (nSPS) is 18.7. The van der Waals surface area contributed by atoms with Crippen LogP contribution in [0.25, 0.3) is 15.9 Å². The molecule has 0 radical (unpaired) electrons. The molecule has 0 spiro atoms. The minimum atomic E-state index is 0.00957. The van der Waals surface area contributed by atoms with E-state index in [0.29, 0.717) is 5.69 Å². The van der Waals surface area contributed by atoms with Gasteiger partial charge in [-0.15, -0.1) is 0 Å². The molecule has 2 aromatic heterocycles. The first-order valence-electron chi connectivity index (χ1n) is 8.98. The molecular weight excluding hydrogens is 324 g/mol. The van der Waals surface area contributed by atoms with Crippen LogP contribution in [0.15, 0.2) is 42.6 Å². The van der Waals surface area contributed by atoms with Crippen LogP contribution in [-0.4, -0.2) is 33.7 Å². The van der Waals surface area contributed by atoms with Crippen LogP contribution in [0.1, 0.15) is 31.5 Å². The minimum Gasteiger partial charge on any atom is -0.341 e. The molecular formula is C20H22N6. The van der Waals surface area contributed by atoms with E-state index in [-0.39, 0.29) is 12.1 Å². The number of benzene rings is 1. The lowest BCUT2D eigenvalue weighted by atomic mass is 10.1. The van der Waals surface area contributed by atoms with Gasteiger partial charge in [0, 0.05) is 25.3 Å². The van der Waals surface area contributed by atoms with Gasteiger partial charge in [0.1, 0.15) is 0 Å². The van der Waals surface area contributed by atoms with E-state index in [2.05, 4.69) is 32.3 Å². The topological polar surface area (TPSA) is 64.3 Å². The predicted octanol–water partition coefficient (Wildman–Crippen LogP) is 3.52. The Bertz CT molecular complexity index is 953. The number of nitrogens with zero attached hydrogens (tertiary/aromatic N) is 5. The van der Waals surface area contributed by atoms with Crippen LogP contribution >= 0.6 is 0 Å². The van der Waals surface area contributed by atoms with Gasteiger partial charge in [0.2, 0.25) is 11.6 Å². The van der Waals surface area contributed by atoms with Crippen molar-refractivity contribution >= 4 is 22.7 Å². The molecule has 1 saturated heterocycles. The van der Waals surface area contributed by atoms with E-state index in [1.807, 2.05) is 30.3 Å². The van der Waals surface area contributed by atoms with Crippen LogP contribution < -0.4 is 10.6 Å². The summed E-state index contributed by atoms with van der Waals surface area (Å²) in [7, 11) is 0. The van der Waals surface area contributed by atoms with Crippen molar-refractivity contribution in [2.45, 2.75) is 31.8 Å². The van der Waals surface area contributed by atoms with Crippen molar-refractivity contribution in [3.05, 3.63) is 59.7 Å².